The van der Waals surface area contributed by atoms with E-state index >= 15 is 0 Å². The van der Waals surface area contributed by atoms with Crippen LogP contribution in [-0.2, 0) is 12.8 Å². The Morgan fingerprint density at radius 1 is 1.11 bits per heavy atom. The molecule has 0 amide bonds. The molecule has 0 saturated carbocycles. The molecule has 9 heteroatoms. The predicted octanol–water partition coefficient (Wildman–Crippen LogP) is 3.39. The van der Waals surface area contributed by atoms with Crippen LogP contribution in [0.2, 0.25) is 0 Å². The van der Waals surface area contributed by atoms with Crippen LogP contribution in [0.5, 0.6) is 0 Å². The molecule has 0 aliphatic heterocycles. The first-order valence-corrected chi connectivity index (χ1v) is 10.4. The number of thiazole rings is 1. The van der Waals surface area contributed by atoms with Gasteiger partial charge in [0.05, 0.1) is 22.3 Å². The Kier molecular flexibility index (Phi) is 4.18. The van der Waals surface area contributed by atoms with Crippen molar-refractivity contribution in [1.82, 2.24) is 29.1 Å². The van der Waals surface area contributed by atoms with Gasteiger partial charge in [0.15, 0.2) is 5.16 Å². The third-order valence-electron chi connectivity index (χ3n) is 4.38. The van der Waals surface area contributed by atoms with Crippen LogP contribution in [0.25, 0.3) is 27.4 Å². The Bertz CT molecular complexity index is 1360. The number of aryl methyl sites for hydroxylation is 1. The van der Waals surface area contributed by atoms with Gasteiger partial charge in [-0.05, 0) is 24.3 Å². The molecule has 0 unspecified atom stereocenters. The molecule has 5 aromatic rings. The Hall–Kier alpha value is -3.04. The fourth-order valence-electron chi connectivity index (χ4n) is 3.02. The second-order valence-electron chi connectivity index (χ2n) is 6.15. The van der Waals surface area contributed by atoms with Crippen LogP contribution in [0.4, 0.5) is 0 Å². The SMILES string of the molecule is Cn1c(=O)c2ccccc2n2c(SCc3csc(-c4ccccn4)n3)nnc12. The van der Waals surface area contributed by atoms with Crippen LogP contribution < -0.4 is 5.56 Å². The molecule has 28 heavy (non-hydrogen) atoms. The molecule has 0 fully saturated rings. The molecule has 0 spiro atoms. The molecule has 4 heterocycles. The van der Waals surface area contributed by atoms with E-state index in [4.69, 9.17) is 0 Å². The Balaban J connectivity index is 1.50. The maximum absolute atomic E-state index is 12.5. The van der Waals surface area contributed by atoms with Crippen molar-refractivity contribution >= 4 is 39.8 Å². The smallest absolute Gasteiger partial charge is 0.262 e. The molecule has 5 rings (SSSR count). The normalized spacial score (nSPS) is 11.5. The van der Waals surface area contributed by atoms with Gasteiger partial charge in [0.2, 0.25) is 5.78 Å². The van der Waals surface area contributed by atoms with E-state index < -0.39 is 0 Å². The zero-order valence-corrected chi connectivity index (χ0v) is 16.4. The summed E-state index contributed by atoms with van der Waals surface area (Å²) in [6, 6.07) is 13.3. The van der Waals surface area contributed by atoms with E-state index in [1.807, 2.05) is 52.2 Å². The largest absolute Gasteiger partial charge is 0.279 e. The zero-order chi connectivity index (χ0) is 19.1. The van der Waals surface area contributed by atoms with Crippen LogP contribution >= 0.6 is 23.1 Å². The topological polar surface area (TPSA) is 78.0 Å². The highest BCUT2D eigenvalue weighted by molar-refractivity contribution is 7.98. The summed E-state index contributed by atoms with van der Waals surface area (Å²) in [4.78, 5) is 21.6. The summed E-state index contributed by atoms with van der Waals surface area (Å²) in [5, 5.41) is 12.8. The summed E-state index contributed by atoms with van der Waals surface area (Å²) in [6.07, 6.45) is 1.77. The predicted molar refractivity (Wildman–Crippen MR) is 111 cm³/mol. The van der Waals surface area contributed by atoms with Crippen molar-refractivity contribution in [3.63, 3.8) is 0 Å². The molecule has 138 valence electrons. The number of rotatable bonds is 4. The van der Waals surface area contributed by atoms with Crippen molar-refractivity contribution in [2.45, 2.75) is 10.9 Å². The number of thioether (sulfide) groups is 1. The molecule has 0 N–H and O–H groups in total. The fourth-order valence-corrected chi connectivity index (χ4v) is 4.76. The van der Waals surface area contributed by atoms with Gasteiger partial charge in [0.1, 0.15) is 5.01 Å². The summed E-state index contributed by atoms with van der Waals surface area (Å²) >= 11 is 3.12. The van der Waals surface area contributed by atoms with Crippen molar-refractivity contribution in [2.75, 3.05) is 0 Å². The van der Waals surface area contributed by atoms with Gasteiger partial charge in [-0.15, -0.1) is 21.5 Å². The first kappa shape index (κ1) is 17.1. The number of hydrogen-bond acceptors (Lipinski definition) is 7. The monoisotopic (exact) mass is 406 g/mol. The summed E-state index contributed by atoms with van der Waals surface area (Å²) in [5.74, 6) is 1.18. The van der Waals surface area contributed by atoms with Crippen LogP contribution in [0.15, 0.2) is 64.0 Å². The first-order valence-electron chi connectivity index (χ1n) is 8.54. The maximum atomic E-state index is 12.5. The lowest BCUT2D eigenvalue weighted by Gasteiger charge is -2.07. The summed E-state index contributed by atoms with van der Waals surface area (Å²) in [5.41, 5.74) is 2.56. The lowest BCUT2D eigenvalue weighted by atomic mass is 10.2. The van der Waals surface area contributed by atoms with Crippen LogP contribution in [-0.4, -0.2) is 29.1 Å². The van der Waals surface area contributed by atoms with Gasteiger partial charge in [-0.1, -0.05) is 30.0 Å². The molecule has 0 saturated heterocycles. The zero-order valence-electron chi connectivity index (χ0n) is 14.8. The van der Waals surface area contributed by atoms with E-state index in [0.717, 1.165) is 27.1 Å². The van der Waals surface area contributed by atoms with Gasteiger partial charge in [0.25, 0.3) is 5.56 Å². The van der Waals surface area contributed by atoms with E-state index in [2.05, 4.69) is 20.2 Å². The van der Waals surface area contributed by atoms with Gasteiger partial charge in [-0.3, -0.25) is 18.7 Å². The van der Waals surface area contributed by atoms with Crippen LogP contribution in [0.3, 0.4) is 0 Å². The van der Waals surface area contributed by atoms with E-state index in [9.17, 15) is 4.79 Å². The minimum atomic E-state index is -0.0773. The maximum Gasteiger partial charge on any atom is 0.262 e. The van der Waals surface area contributed by atoms with Crippen molar-refractivity contribution in [3.05, 3.63) is 70.1 Å². The number of fused-ring (bicyclic) bond motifs is 3. The van der Waals surface area contributed by atoms with Crippen LogP contribution in [0, 0.1) is 0 Å². The summed E-state index contributed by atoms with van der Waals surface area (Å²) in [6.45, 7) is 0. The lowest BCUT2D eigenvalue weighted by Crippen LogP contribution is -2.20. The van der Waals surface area contributed by atoms with Gasteiger partial charge in [-0.25, -0.2) is 4.98 Å². The molecule has 0 aliphatic rings. The molecule has 0 atom stereocenters. The average Bonchev–Trinajstić information content (AvgIpc) is 3.38. The van der Waals surface area contributed by atoms with Gasteiger partial charge >= 0.3 is 0 Å². The Labute approximate surface area is 167 Å². The number of benzene rings is 1. The molecular weight excluding hydrogens is 392 g/mol. The van der Waals surface area contributed by atoms with Gasteiger partial charge in [-0.2, -0.15) is 0 Å². The minimum absolute atomic E-state index is 0.0773. The summed E-state index contributed by atoms with van der Waals surface area (Å²) in [7, 11) is 1.72. The number of para-hydroxylation sites is 1. The van der Waals surface area contributed by atoms with Crippen molar-refractivity contribution in [2.24, 2.45) is 7.05 Å². The van der Waals surface area contributed by atoms with E-state index in [0.29, 0.717) is 16.9 Å². The van der Waals surface area contributed by atoms with E-state index in [1.165, 1.54) is 4.57 Å². The highest BCUT2D eigenvalue weighted by atomic mass is 32.2. The molecule has 0 aliphatic carbocycles. The van der Waals surface area contributed by atoms with Gasteiger partial charge < -0.3 is 0 Å². The second-order valence-corrected chi connectivity index (χ2v) is 7.95. The molecule has 1 aromatic carbocycles. The van der Waals surface area contributed by atoms with Gasteiger partial charge in [0, 0.05) is 24.4 Å². The van der Waals surface area contributed by atoms with Crippen LogP contribution in [0.1, 0.15) is 5.69 Å². The minimum Gasteiger partial charge on any atom is -0.279 e. The first-order chi connectivity index (χ1) is 13.7. The lowest BCUT2D eigenvalue weighted by molar-refractivity contribution is 0.853. The molecule has 0 radical (unpaired) electrons. The average molecular weight is 406 g/mol. The fraction of sp³-hybridized carbons (Fsp3) is 0.105. The van der Waals surface area contributed by atoms with Crippen molar-refractivity contribution in [3.8, 4) is 10.7 Å². The second kappa shape index (κ2) is 6.84. The number of nitrogens with zero attached hydrogens (tertiary/aromatic N) is 6. The third kappa shape index (κ3) is 2.79. The quantitative estimate of drug-likeness (QED) is 0.426. The molecule has 4 aromatic heterocycles. The Morgan fingerprint density at radius 2 is 1.96 bits per heavy atom. The standard InChI is InChI=1S/C19H14N6OS2/c1-24-17(26)13-6-2-3-8-15(13)25-18(24)22-23-19(25)28-11-12-10-27-16(21-12)14-7-4-5-9-20-14/h2-10H,11H2,1H3. The molecule has 7 nitrogen and oxygen atoms in total. The third-order valence-corrected chi connectivity index (χ3v) is 6.26. The highest BCUT2D eigenvalue weighted by Gasteiger charge is 2.15. The Morgan fingerprint density at radius 3 is 2.82 bits per heavy atom. The van der Waals surface area contributed by atoms with E-state index in [-0.39, 0.29) is 5.56 Å². The number of pyridine rings is 1. The highest BCUT2D eigenvalue weighted by Crippen LogP contribution is 2.27. The number of hydrogen-bond donors (Lipinski definition) is 0. The molecular formula is C19H14N6OS2. The van der Waals surface area contributed by atoms with Crippen molar-refractivity contribution in [1.29, 1.82) is 0 Å². The molecule has 0 bridgehead atoms. The number of aromatic nitrogens is 6. The van der Waals surface area contributed by atoms with E-state index in [1.54, 1.807) is 36.3 Å². The van der Waals surface area contributed by atoms with Crippen molar-refractivity contribution < 1.29 is 0 Å². The summed E-state index contributed by atoms with van der Waals surface area (Å²) < 4.78 is 3.45.